The Morgan fingerprint density at radius 2 is 2.27 bits per heavy atom. The summed E-state index contributed by atoms with van der Waals surface area (Å²) in [5.41, 5.74) is 0. The van der Waals surface area contributed by atoms with Crippen molar-refractivity contribution in [1.29, 1.82) is 0 Å². The Labute approximate surface area is 68.9 Å². The monoisotopic (exact) mass is 158 g/mol. The highest BCUT2D eigenvalue weighted by Gasteiger charge is 2.18. The zero-order chi connectivity index (χ0) is 8.27. The minimum absolute atomic E-state index is 0.575. The lowest BCUT2D eigenvalue weighted by Gasteiger charge is -2.34. The first-order valence-corrected chi connectivity index (χ1v) is 4.16. The molecule has 3 nitrogen and oxygen atoms in total. The summed E-state index contributed by atoms with van der Waals surface area (Å²) in [7, 11) is 4.20. The van der Waals surface area contributed by atoms with Crippen molar-refractivity contribution in [1.82, 2.24) is 9.80 Å². The molecule has 0 saturated carbocycles. The molecule has 0 aliphatic carbocycles. The van der Waals surface area contributed by atoms with Crippen molar-refractivity contribution in [3.63, 3.8) is 0 Å². The minimum atomic E-state index is 0.575. The van der Waals surface area contributed by atoms with Gasteiger partial charge in [0.1, 0.15) is 0 Å². The Balaban J connectivity index is 2.29. The molecule has 1 rings (SSSR count). The maximum Gasteiger partial charge on any atom is 0.0620 e. The molecule has 66 valence electrons. The molecule has 0 spiro atoms. The van der Waals surface area contributed by atoms with E-state index in [1.165, 1.54) is 0 Å². The van der Waals surface area contributed by atoms with Crippen molar-refractivity contribution >= 4 is 0 Å². The third-order valence-corrected chi connectivity index (χ3v) is 1.97. The maximum atomic E-state index is 5.33. The standard InChI is InChI=1S/C8H18N2O/c1-8-6-11-5-4-10(8)7-9(2)3/h8H,4-7H2,1-3H3. The Morgan fingerprint density at radius 3 is 2.82 bits per heavy atom. The van der Waals surface area contributed by atoms with Gasteiger partial charge in [0, 0.05) is 12.6 Å². The third kappa shape index (κ3) is 2.77. The van der Waals surface area contributed by atoms with Gasteiger partial charge in [-0.2, -0.15) is 0 Å². The average Bonchev–Trinajstić information content (AvgIpc) is 1.93. The normalized spacial score (nSPS) is 27.8. The summed E-state index contributed by atoms with van der Waals surface area (Å²) in [6, 6.07) is 0.575. The van der Waals surface area contributed by atoms with Crippen LogP contribution in [0.2, 0.25) is 0 Å². The summed E-state index contributed by atoms with van der Waals surface area (Å²) in [4.78, 5) is 4.63. The van der Waals surface area contributed by atoms with Crippen LogP contribution in [0.5, 0.6) is 0 Å². The van der Waals surface area contributed by atoms with Crippen LogP contribution in [-0.2, 0) is 4.74 Å². The largest absolute Gasteiger partial charge is 0.379 e. The lowest BCUT2D eigenvalue weighted by Crippen LogP contribution is -2.47. The quantitative estimate of drug-likeness (QED) is 0.572. The van der Waals surface area contributed by atoms with Gasteiger partial charge in [-0.15, -0.1) is 0 Å². The summed E-state index contributed by atoms with van der Waals surface area (Å²) >= 11 is 0. The molecule has 1 unspecified atom stereocenters. The van der Waals surface area contributed by atoms with Crippen molar-refractivity contribution in [3.05, 3.63) is 0 Å². The molecule has 0 aromatic heterocycles. The summed E-state index contributed by atoms with van der Waals surface area (Å²) in [5.74, 6) is 0. The first-order chi connectivity index (χ1) is 5.20. The molecule has 1 heterocycles. The van der Waals surface area contributed by atoms with Crippen LogP contribution in [0.4, 0.5) is 0 Å². The fourth-order valence-corrected chi connectivity index (χ4v) is 1.33. The van der Waals surface area contributed by atoms with Crippen LogP contribution in [0.3, 0.4) is 0 Å². The third-order valence-electron chi connectivity index (χ3n) is 1.97. The Bertz CT molecular complexity index is 117. The van der Waals surface area contributed by atoms with Crippen LogP contribution in [0, 0.1) is 0 Å². The van der Waals surface area contributed by atoms with Gasteiger partial charge < -0.3 is 4.74 Å². The molecule has 0 N–H and O–H groups in total. The Kier molecular flexibility index (Phi) is 3.30. The summed E-state index contributed by atoms with van der Waals surface area (Å²) in [5, 5.41) is 0. The van der Waals surface area contributed by atoms with Crippen LogP contribution < -0.4 is 0 Å². The van der Waals surface area contributed by atoms with E-state index in [2.05, 4.69) is 30.8 Å². The van der Waals surface area contributed by atoms with Gasteiger partial charge in [0.05, 0.1) is 19.9 Å². The summed E-state index contributed by atoms with van der Waals surface area (Å²) in [6.45, 7) is 6.10. The van der Waals surface area contributed by atoms with Crippen LogP contribution in [0.1, 0.15) is 6.92 Å². The zero-order valence-electron chi connectivity index (χ0n) is 7.71. The lowest BCUT2D eigenvalue weighted by molar-refractivity contribution is -0.0184. The van der Waals surface area contributed by atoms with Crippen molar-refractivity contribution in [2.75, 3.05) is 40.5 Å². The molecule has 1 saturated heterocycles. The van der Waals surface area contributed by atoms with Crippen molar-refractivity contribution in [2.45, 2.75) is 13.0 Å². The van der Waals surface area contributed by atoms with Gasteiger partial charge in [-0.25, -0.2) is 0 Å². The maximum absolute atomic E-state index is 5.33. The molecule has 1 atom stereocenters. The van der Waals surface area contributed by atoms with E-state index in [-0.39, 0.29) is 0 Å². The van der Waals surface area contributed by atoms with Gasteiger partial charge in [0.2, 0.25) is 0 Å². The van der Waals surface area contributed by atoms with Gasteiger partial charge in [-0.05, 0) is 21.0 Å². The molecule has 3 heteroatoms. The predicted molar refractivity (Wildman–Crippen MR) is 45.5 cm³/mol. The second kappa shape index (κ2) is 4.04. The first kappa shape index (κ1) is 8.97. The Hall–Kier alpha value is -0.120. The highest BCUT2D eigenvalue weighted by molar-refractivity contribution is 4.69. The molecule has 0 aromatic rings. The van der Waals surface area contributed by atoms with Crippen LogP contribution in [0.15, 0.2) is 0 Å². The number of rotatable bonds is 2. The predicted octanol–water partition coefficient (Wildman–Crippen LogP) is 0.226. The molecular formula is C8H18N2O. The van der Waals surface area contributed by atoms with Crippen molar-refractivity contribution < 1.29 is 4.74 Å². The second-order valence-corrected chi connectivity index (χ2v) is 3.46. The summed E-state index contributed by atoms with van der Waals surface area (Å²) in [6.07, 6.45) is 0. The average molecular weight is 158 g/mol. The number of ether oxygens (including phenoxy) is 1. The molecule has 1 fully saturated rings. The van der Waals surface area contributed by atoms with Gasteiger partial charge >= 0.3 is 0 Å². The number of hydrogen-bond donors (Lipinski definition) is 0. The number of nitrogens with zero attached hydrogens (tertiary/aromatic N) is 2. The topological polar surface area (TPSA) is 15.7 Å². The minimum Gasteiger partial charge on any atom is -0.379 e. The molecule has 0 aromatic carbocycles. The second-order valence-electron chi connectivity index (χ2n) is 3.46. The summed E-state index contributed by atoms with van der Waals surface area (Å²) < 4.78 is 5.33. The van der Waals surface area contributed by atoms with E-state index in [1.54, 1.807) is 0 Å². The molecule has 0 radical (unpaired) electrons. The van der Waals surface area contributed by atoms with E-state index in [0.29, 0.717) is 6.04 Å². The first-order valence-electron chi connectivity index (χ1n) is 4.16. The fraction of sp³-hybridized carbons (Fsp3) is 1.00. The van der Waals surface area contributed by atoms with E-state index >= 15 is 0 Å². The van der Waals surface area contributed by atoms with Crippen molar-refractivity contribution in [2.24, 2.45) is 0 Å². The molecular weight excluding hydrogens is 140 g/mol. The highest BCUT2D eigenvalue weighted by atomic mass is 16.5. The zero-order valence-corrected chi connectivity index (χ0v) is 7.71. The molecule has 11 heavy (non-hydrogen) atoms. The smallest absolute Gasteiger partial charge is 0.0620 e. The van der Waals surface area contributed by atoms with Crippen LogP contribution in [-0.4, -0.2) is 56.4 Å². The van der Waals surface area contributed by atoms with Crippen LogP contribution in [0.25, 0.3) is 0 Å². The van der Waals surface area contributed by atoms with Gasteiger partial charge in [-0.3, -0.25) is 9.80 Å². The van der Waals surface area contributed by atoms with Gasteiger partial charge in [0.25, 0.3) is 0 Å². The van der Waals surface area contributed by atoms with Gasteiger partial charge in [-0.1, -0.05) is 0 Å². The molecule has 1 aliphatic heterocycles. The van der Waals surface area contributed by atoms with E-state index in [0.717, 1.165) is 26.4 Å². The molecule has 1 aliphatic rings. The van der Waals surface area contributed by atoms with E-state index < -0.39 is 0 Å². The SMILES string of the molecule is CC1COCCN1CN(C)C. The number of morpholine rings is 1. The van der Waals surface area contributed by atoms with E-state index in [1.807, 2.05) is 0 Å². The fourth-order valence-electron chi connectivity index (χ4n) is 1.33. The highest BCUT2D eigenvalue weighted by Crippen LogP contribution is 2.05. The van der Waals surface area contributed by atoms with Crippen molar-refractivity contribution in [3.8, 4) is 0 Å². The van der Waals surface area contributed by atoms with E-state index in [9.17, 15) is 0 Å². The molecule has 0 amide bonds. The molecule has 0 bridgehead atoms. The lowest BCUT2D eigenvalue weighted by atomic mass is 10.3. The number of hydrogen-bond acceptors (Lipinski definition) is 3. The van der Waals surface area contributed by atoms with Gasteiger partial charge in [0.15, 0.2) is 0 Å². The Morgan fingerprint density at radius 1 is 1.55 bits per heavy atom. The van der Waals surface area contributed by atoms with E-state index in [4.69, 9.17) is 4.74 Å². The van der Waals surface area contributed by atoms with Crippen LogP contribution >= 0.6 is 0 Å².